The number of rotatable bonds is 4. The fraction of sp³-hybridized carbons (Fsp3) is 0.0833. The first-order chi connectivity index (χ1) is 9.10. The maximum absolute atomic E-state index is 13.3. The monoisotopic (exact) mass is 345 g/mol. The molecule has 0 atom stereocenters. The minimum atomic E-state index is -0.395. The molecule has 1 aromatic carbocycles. The molecule has 7 heteroatoms. The Morgan fingerprint density at radius 3 is 2.84 bits per heavy atom. The molecule has 0 spiro atoms. The second kappa shape index (κ2) is 6.18. The Hall–Kier alpha value is -1.37. The van der Waals surface area contributed by atoms with E-state index in [1.54, 1.807) is 24.3 Å². The average Bonchev–Trinajstić information content (AvgIpc) is 2.41. The third kappa shape index (κ3) is 3.56. The quantitative estimate of drug-likeness (QED) is 0.657. The Balaban J connectivity index is 2.11. The molecule has 0 aliphatic heterocycles. The Labute approximate surface area is 122 Å². The summed E-state index contributed by atoms with van der Waals surface area (Å²) in [5.74, 6) is 5.74. The fourth-order valence-corrected chi connectivity index (χ4v) is 1.79. The topological polar surface area (TPSA) is 60.2 Å². The summed E-state index contributed by atoms with van der Waals surface area (Å²) in [6.07, 6.45) is 0. The predicted octanol–water partition coefficient (Wildman–Crippen LogP) is 3.50. The molecule has 2 rings (SSSR count). The van der Waals surface area contributed by atoms with Gasteiger partial charge in [0.05, 0.1) is 15.2 Å². The van der Waals surface area contributed by atoms with E-state index >= 15 is 0 Å². The molecule has 0 unspecified atom stereocenters. The minimum Gasteiger partial charge on any atom is -0.487 e. The van der Waals surface area contributed by atoms with Crippen LogP contribution in [0, 0.1) is 5.82 Å². The van der Waals surface area contributed by atoms with Gasteiger partial charge in [0.25, 0.3) is 0 Å². The number of hydrogen-bond acceptors (Lipinski definition) is 4. The third-order valence-electron chi connectivity index (χ3n) is 2.33. The molecule has 0 saturated heterocycles. The Morgan fingerprint density at radius 2 is 2.16 bits per heavy atom. The molecule has 0 radical (unpaired) electrons. The van der Waals surface area contributed by atoms with Crippen LogP contribution in [0.2, 0.25) is 5.02 Å². The molecule has 0 amide bonds. The highest BCUT2D eigenvalue weighted by atomic mass is 79.9. The van der Waals surface area contributed by atoms with Crippen molar-refractivity contribution < 1.29 is 9.13 Å². The van der Waals surface area contributed by atoms with Gasteiger partial charge in [0.15, 0.2) is 0 Å². The fourth-order valence-electron chi connectivity index (χ4n) is 1.38. The Bertz CT molecular complexity index is 597. The van der Waals surface area contributed by atoms with Crippen molar-refractivity contribution in [2.45, 2.75) is 6.61 Å². The van der Waals surface area contributed by atoms with Gasteiger partial charge >= 0.3 is 0 Å². The van der Waals surface area contributed by atoms with E-state index in [1.165, 1.54) is 6.07 Å². The van der Waals surface area contributed by atoms with Crippen molar-refractivity contribution in [1.29, 1.82) is 0 Å². The highest BCUT2D eigenvalue weighted by molar-refractivity contribution is 9.10. The molecule has 19 heavy (non-hydrogen) atoms. The van der Waals surface area contributed by atoms with E-state index < -0.39 is 5.82 Å². The average molecular weight is 347 g/mol. The lowest BCUT2D eigenvalue weighted by molar-refractivity contribution is 0.300. The van der Waals surface area contributed by atoms with E-state index in [1.807, 2.05) is 0 Å². The van der Waals surface area contributed by atoms with Gasteiger partial charge in [-0.2, -0.15) is 0 Å². The van der Waals surface area contributed by atoms with Crippen molar-refractivity contribution in [1.82, 2.24) is 4.98 Å². The first-order valence-corrected chi connectivity index (χ1v) is 6.47. The molecule has 2 aromatic rings. The largest absolute Gasteiger partial charge is 0.487 e. The standard InChI is InChI=1S/C12H10BrClFN3O/c13-8-2-1-7(5-10(8)15)19-6-11-9(14)3-4-12(17-11)18-16/h1-5H,6,16H2,(H,17,18). The third-order valence-corrected chi connectivity index (χ3v) is 3.32. The Morgan fingerprint density at radius 1 is 1.37 bits per heavy atom. The molecular weight excluding hydrogens is 337 g/mol. The van der Waals surface area contributed by atoms with Gasteiger partial charge in [-0.15, -0.1) is 0 Å². The maximum Gasteiger partial charge on any atom is 0.141 e. The van der Waals surface area contributed by atoms with Gasteiger partial charge in [-0.25, -0.2) is 15.2 Å². The van der Waals surface area contributed by atoms with Gasteiger partial charge in [0.1, 0.15) is 24.0 Å². The molecule has 0 bridgehead atoms. The number of hydrazine groups is 1. The second-order valence-corrected chi connectivity index (χ2v) is 4.90. The minimum absolute atomic E-state index is 0.120. The molecule has 100 valence electrons. The summed E-state index contributed by atoms with van der Waals surface area (Å²) in [4.78, 5) is 4.15. The van der Waals surface area contributed by atoms with Gasteiger partial charge < -0.3 is 10.2 Å². The number of ether oxygens (including phenoxy) is 1. The first-order valence-electron chi connectivity index (χ1n) is 5.30. The van der Waals surface area contributed by atoms with Crippen LogP contribution in [0.1, 0.15) is 5.69 Å². The highest BCUT2D eigenvalue weighted by Crippen LogP contribution is 2.23. The summed E-state index contributed by atoms with van der Waals surface area (Å²) in [6, 6.07) is 7.79. The van der Waals surface area contributed by atoms with Crippen molar-refractivity contribution in [2.75, 3.05) is 5.43 Å². The van der Waals surface area contributed by atoms with Crippen LogP contribution in [0.25, 0.3) is 0 Å². The van der Waals surface area contributed by atoms with Crippen LogP contribution in [0.15, 0.2) is 34.8 Å². The van der Waals surface area contributed by atoms with Crippen molar-refractivity contribution >= 4 is 33.3 Å². The van der Waals surface area contributed by atoms with Crippen LogP contribution in [0.3, 0.4) is 0 Å². The van der Waals surface area contributed by atoms with Gasteiger partial charge in [0.2, 0.25) is 0 Å². The number of nitrogens with one attached hydrogen (secondary N) is 1. The van der Waals surface area contributed by atoms with Gasteiger partial charge in [-0.3, -0.25) is 0 Å². The van der Waals surface area contributed by atoms with E-state index in [9.17, 15) is 4.39 Å². The zero-order chi connectivity index (χ0) is 13.8. The zero-order valence-electron chi connectivity index (χ0n) is 9.66. The second-order valence-electron chi connectivity index (χ2n) is 3.63. The molecule has 1 aromatic heterocycles. The van der Waals surface area contributed by atoms with Gasteiger partial charge in [-0.1, -0.05) is 11.6 Å². The number of nitrogen functional groups attached to an aromatic ring is 1. The lowest BCUT2D eigenvalue weighted by atomic mass is 10.3. The van der Waals surface area contributed by atoms with E-state index in [4.69, 9.17) is 22.2 Å². The number of nitrogens with two attached hydrogens (primary N) is 1. The highest BCUT2D eigenvalue weighted by Gasteiger charge is 2.06. The summed E-state index contributed by atoms with van der Waals surface area (Å²) < 4.78 is 19.1. The van der Waals surface area contributed by atoms with Crippen molar-refractivity contribution in [2.24, 2.45) is 5.84 Å². The van der Waals surface area contributed by atoms with Crippen LogP contribution in [-0.2, 0) is 6.61 Å². The molecule has 0 aliphatic rings. The van der Waals surface area contributed by atoms with Crippen LogP contribution >= 0.6 is 27.5 Å². The predicted molar refractivity (Wildman–Crippen MR) is 75.5 cm³/mol. The number of anilines is 1. The number of benzene rings is 1. The SMILES string of the molecule is NNc1ccc(Cl)c(COc2ccc(Br)c(F)c2)n1. The molecule has 0 aliphatic carbocycles. The van der Waals surface area contributed by atoms with Gasteiger partial charge in [-0.05, 0) is 40.2 Å². The van der Waals surface area contributed by atoms with Gasteiger partial charge in [0, 0.05) is 6.07 Å². The number of nitrogens with zero attached hydrogens (tertiary/aromatic N) is 1. The van der Waals surface area contributed by atoms with Crippen LogP contribution in [0.4, 0.5) is 10.2 Å². The molecule has 4 nitrogen and oxygen atoms in total. The molecular formula is C12H10BrClFN3O. The molecule has 3 N–H and O–H groups in total. The maximum atomic E-state index is 13.3. The van der Waals surface area contributed by atoms with Crippen molar-refractivity contribution in [3.63, 3.8) is 0 Å². The first kappa shape index (κ1) is 14.0. The lowest BCUT2D eigenvalue weighted by Crippen LogP contribution is -2.10. The van der Waals surface area contributed by atoms with E-state index in [2.05, 4.69) is 26.3 Å². The summed E-state index contributed by atoms with van der Waals surface area (Å²) in [7, 11) is 0. The molecule has 0 fully saturated rings. The van der Waals surface area contributed by atoms with Crippen molar-refractivity contribution in [3.05, 3.63) is 51.3 Å². The number of hydrogen-bond donors (Lipinski definition) is 2. The molecule has 1 heterocycles. The van der Waals surface area contributed by atoms with E-state index in [-0.39, 0.29) is 6.61 Å². The molecule has 0 saturated carbocycles. The summed E-state index contributed by atoms with van der Waals surface area (Å²) in [6.45, 7) is 0.120. The van der Waals surface area contributed by atoms with Crippen molar-refractivity contribution in [3.8, 4) is 5.75 Å². The summed E-state index contributed by atoms with van der Waals surface area (Å²) in [5, 5.41) is 0.455. The summed E-state index contributed by atoms with van der Waals surface area (Å²) in [5.41, 5.74) is 2.93. The van der Waals surface area contributed by atoms with Crippen LogP contribution in [0.5, 0.6) is 5.75 Å². The number of halogens is 3. The number of aromatic nitrogens is 1. The summed E-state index contributed by atoms with van der Waals surface area (Å²) >= 11 is 9.05. The smallest absolute Gasteiger partial charge is 0.141 e. The van der Waals surface area contributed by atoms with E-state index in [0.29, 0.717) is 26.8 Å². The van der Waals surface area contributed by atoms with Crippen LogP contribution in [-0.4, -0.2) is 4.98 Å². The van der Waals surface area contributed by atoms with Crippen LogP contribution < -0.4 is 16.0 Å². The Kier molecular flexibility index (Phi) is 4.57. The normalized spacial score (nSPS) is 10.3. The van der Waals surface area contributed by atoms with E-state index in [0.717, 1.165) is 0 Å². The number of pyridine rings is 1. The zero-order valence-corrected chi connectivity index (χ0v) is 12.0. The lowest BCUT2D eigenvalue weighted by Gasteiger charge is -2.09.